The number of ether oxygens (including phenoxy) is 2. The predicted molar refractivity (Wildman–Crippen MR) is 63.6 cm³/mol. The Bertz CT molecular complexity index is 644. The third-order valence-corrected chi connectivity index (χ3v) is 3.36. The first-order chi connectivity index (χ1) is 13.4. The van der Waals surface area contributed by atoms with E-state index in [4.69, 9.17) is 0 Å². The molecule has 0 heterocycles. The monoisotopic (exact) mass is 504 g/mol. The maximum atomic E-state index is 13.4. The smallest absolute Gasteiger partial charge is 0.435 e. The lowest BCUT2D eigenvalue weighted by Crippen LogP contribution is -2.74. The van der Waals surface area contributed by atoms with Gasteiger partial charge in [0.05, 0.1) is 6.61 Å². The molecule has 0 aromatic rings. The average molecular weight is 504 g/mol. The second-order valence-corrected chi connectivity index (χ2v) is 5.47. The maximum absolute atomic E-state index is 13.4. The van der Waals surface area contributed by atoms with E-state index in [0.29, 0.717) is 0 Å². The summed E-state index contributed by atoms with van der Waals surface area (Å²) in [5, 5.41) is 0. The first kappa shape index (κ1) is 29.1. The Balaban J connectivity index is 6.34. The van der Waals surface area contributed by atoms with Crippen molar-refractivity contribution in [3.8, 4) is 0 Å². The van der Waals surface area contributed by atoms with Crippen molar-refractivity contribution in [2.75, 3.05) is 13.2 Å². The summed E-state index contributed by atoms with van der Waals surface area (Å²) in [5.74, 6) is -55.4. The van der Waals surface area contributed by atoms with Crippen molar-refractivity contribution in [2.24, 2.45) is 0 Å². The number of alkyl halides is 16. The average Bonchev–Trinajstić information content (AvgIpc) is 2.59. The lowest BCUT2D eigenvalue weighted by Gasteiger charge is -2.42. The number of carbonyl (C=O) groups is 1. The van der Waals surface area contributed by atoms with E-state index < -0.39 is 67.3 Å². The zero-order valence-corrected chi connectivity index (χ0v) is 14.3. The number of hydrogen-bond donors (Lipinski definition) is 0. The Kier molecular flexibility index (Phi) is 7.76. The van der Waals surface area contributed by atoms with E-state index in [1.165, 1.54) is 0 Å². The summed E-state index contributed by atoms with van der Waals surface area (Å²) in [4.78, 5) is 10.6. The van der Waals surface area contributed by atoms with Crippen LogP contribution in [0.1, 0.15) is 6.92 Å². The fourth-order valence-corrected chi connectivity index (χ4v) is 1.57. The second kappa shape index (κ2) is 8.25. The van der Waals surface area contributed by atoms with E-state index in [1.54, 1.807) is 0 Å². The molecule has 0 spiro atoms. The Morgan fingerprint density at radius 1 is 0.645 bits per heavy atom. The molecule has 0 atom stereocenters. The number of rotatable bonds is 10. The van der Waals surface area contributed by atoms with Gasteiger partial charge < -0.3 is 9.47 Å². The lowest BCUT2D eigenvalue weighted by molar-refractivity contribution is -0.447. The Morgan fingerprint density at radius 2 is 1.00 bits per heavy atom. The molecule has 0 aromatic carbocycles. The van der Waals surface area contributed by atoms with Crippen molar-refractivity contribution < 1.29 is 84.5 Å². The third-order valence-electron chi connectivity index (χ3n) is 3.36. The fourth-order valence-electron chi connectivity index (χ4n) is 1.57. The van der Waals surface area contributed by atoms with Gasteiger partial charge in [-0.3, -0.25) is 0 Å². The van der Waals surface area contributed by atoms with Crippen LogP contribution in [0.2, 0.25) is 0 Å². The second-order valence-electron chi connectivity index (χ2n) is 5.47. The highest BCUT2D eigenvalue weighted by Crippen LogP contribution is 2.62. The summed E-state index contributed by atoms with van der Waals surface area (Å²) in [5.41, 5.74) is 0. The van der Waals surface area contributed by atoms with E-state index in [-0.39, 0.29) is 0 Å². The van der Waals surface area contributed by atoms with Crippen molar-refractivity contribution in [1.29, 1.82) is 0 Å². The molecule has 0 N–H and O–H groups in total. The molecule has 31 heavy (non-hydrogen) atoms. The molecule has 0 radical (unpaired) electrons. The molecule has 0 fully saturated rings. The lowest BCUT2D eigenvalue weighted by atomic mass is 9.89. The van der Waals surface area contributed by atoms with Gasteiger partial charge in [-0.1, -0.05) is 0 Å². The molecule has 3 nitrogen and oxygen atoms in total. The van der Waals surface area contributed by atoms with Crippen molar-refractivity contribution in [3.05, 3.63) is 0 Å². The van der Waals surface area contributed by atoms with E-state index in [2.05, 4.69) is 9.47 Å². The highest BCUT2D eigenvalue weighted by molar-refractivity contribution is 5.59. The topological polar surface area (TPSA) is 35.5 Å². The Morgan fingerprint density at radius 3 is 1.35 bits per heavy atom. The molecule has 0 saturated carbocycles. The summed E-state index contributed by atoms with van der Waals surface area (Å²) in [6, 6.07) is 0. The van der Waals surface area contributed by atoms with Gasteiger partial charge in [0, 0.05) is 0 Å². The van der Waals surface area contributed by atoms with Gasteiger partial charge in [0.2, 0.25) is 0 Å². The van der Waals surface area contributed by atoms with Gasteiger partial charge in [0.25, 0.3) is 0 Å². The first-order valence-corrected chi connectivity index (χ1v) is 7.12. The number of hydrogen-bond acceptors (Lipinski definition) is 3. The molecule has 0 aliphatic rings. The third kappa shape index (κ3) is 4.27. The molecule has 186 valence electrons. The van der Waals surface area contributed by atoms with Crippen LogP contribution in [0.5, 0.6) is 0 Å². The molecule has 0 rings (SSSR count). The first-order valence-electron chi connectivity index (χ1n) is 7.12. The Labute approximate surface area is 160 Å². The molecule has 0 bridgehead atoms. The van der Waals surface area contributed by atoms with Gasteiger partial charge in [-0.05, 0) is 6.92 Å². The molecule has 19 heteroatoms. The van der Waals surface area contributed by atoms with Crippen molar-refractivity contribution in [2.45, 2.75) is 54.8 Å². The fraction of sp³-hybridized carbons (Fsp3) is 0.917. The van der Waals surface area contributed by atoms with Crippen LogP contribution >= 0.6 is 0 Å². The maximum Gasteiger partial charge on any atom is 0.508 e. The minimum Gasteiger partial charge on any atom is -0.435 e. The number of carbonyl (C=O) groups excluding carboxylic acids is 1. The van der Waals surface area contributed by atoms with E-state index >= 15 is 0 Å². The highest BCUT2D eigenvalue weighted by atomic mass is 19.4. The van der Waals surface area contributed by atoms with Gasteiger partial charge in [0.15, 0.2) is 6.61 Å². The van der Waals surface area contributed by atoms with Gasteiger partial charge in [0.1, 0.15) is 0 Å². The number of halogens is 16. The molecule has 0 aromatic heterocycles. The van der Waals surface area contributed by atoms with Crippen molar-refractivity contribution in [1.82, 2.24) is 0 Å². The summed E-state index contributed by atoms with van der Waals surface area (Å²) in [6.07, 6.45) is -8.18. The van der Waals surface area contributed by atoms with Crippen LogP contribution in [0.4, 0.5) is 75.0 Å². The molecule has 0 saturated heterocycles. The molecular weight excluding hydrogens is 496 g/mol. The molecule has 0 aliphatic carbocycles. The van der Waals surface area contributed by atoms with Crippen LogP contribution in [0.25, 0.3) is 0 Å². The standard InChI is InChI=1S/C12H8F16O3/c1-2-30-5(29)31-3-6(15,16)8(19,20)10(23,24)12(27,28)11(25,26)9(21,22)7(17,18)4(13)14/h4H,2-3H2,1H3. The largest absolute Gasteiger partial charge is 0.508 e. The molecule has 0 amide bonds. The normalized spacial score (nSPS) is 15.3. The van der Waals surface area contributed by atoms with E-state index in [0.717, 1.165) is 6.92 Å². The van der Waals surface area contributed by atoms with Gasteiger partial charge in [-0.25, -0.2) is 13.6 Å². The van der Waals surface area contributed by atoms with Crippen LogP contribution in [0.15, 0.2) is 0 Å². The van der Waals surface area contributed by atoms with Crippen LogP contribution < -0.4 is 0 Å². The quantitative estimate of drug-likeness (QED) is 0.276. The predicted octanol–water partition coefficient (Wildman–Crippen LogP) is 5.87. The Hall–Kier alpha value is -1.85. The van der Waals surface area contributed by atoms with Gasteiger partial charge in [-0.15, -0.1) is 0 Å². The summed E-state index contributed by atoms with van der Waals surface area (Å²) in [6.45, 7) is -2.98. The zero-order valence-electron chi connectivity index (χ0n) is 14.3. The van der Waals surface area contributed by atoms with Crippen LogP contribution in [-0.2, 0) is 9.47 Å². The van der Waals surface area contributed by atoms with Crippen LogP contribution in [0.3, 0.4) is 0 Å². The molecular formula is C12H8F16O3. The van der Waals surface area contributed by atoms with Crippen molar-refractivity contribution >= 4 is 6.16 Å². The van der Waals surface area contributed by atoms with Crippen molar-refractivity contribution in [3.63, 3.8) is 0 Å². The summed E-state index contributed by atoms with van der Waals surface area (Å²) >= 11 is 0. The summed E-state index contributed by atoms with van der Waals surface area (Å²) < 4.78 is 215. The minimum absolute atomic E-state index is 0.686. The van der Waals surface area contributed by atoms with Crippen LogP contribution in [0, 0.1) is 0 Å². The van der Waals surface area contributed by atoms with E-state index in [9.17, 15) is 75.0 Å². The van der Waals surface area contributed by atoms with Crippen LogP contribution in [-0.4, -0.2) is 67.3 Å². The van der Waals surface area contributed by atoms with Gasteiger partial charge in [-0.2, -0.15) is 61.5 Å². The molecule has 0 aliphatic heterocycles. The minimum atomic E-state index is -8.49. The zero-order chi connectivity index (χ0) is 25.5. The SMILES string of the molecule is CCOC(=O)OCC(F)(F)C(F)(F)C(F)(F)C(F)(F)C(F)(F)C(F)(F)C(F)(F)C(F)F. The molecule has 0 unspecified atom stereocenters. The van der Waals surface area contributed by atoms with E-state index in [1.807, 2.05) is 0 Å². The summed E-state index contributed by atoms with van der Waals surface area (Å²) in [7, 11) is 0. The highest BCUT2D eigenvalue weighted by Gasteiger charge is 2.93. The van der Waals surface area contributed by atoms with Gasteiger partial charge >= 0.3 is 54.0 Å².